The fourth-order valence-electron chi connectivity index (χ4n) is 2.76. The van der Waals surface area contributed by atoms with Gasteiger partial charge in [0.25, 0.3) is 5.69 Å². The van der Waals surface area contributed by atoms with Crippen LogP contribution in [0.2, 0.25) is 0 Å². The average molecular weight is 384 g/mol. The lowest BCUT2D eigenvalue weighted by atomic mass is 10.1. The van der Waals surface area contributed by atoms with Crippen LogP contribution in [-0.4, -0.2) is 34.3 Å². The molecule has 0 aliphatic heterocycles. The number of nitrogens with zero attached hydrogens (tertiary/aromatic N) is 3. The third-order valence-electron chi connectivity index (χ3n) is 4.24. The smallest absolute Gasteiger partial charge is 0.293 e. The Morgan fingerprint density at radius 2 is 1.96 bits per heavy atom. The molecule has 0 saturated heterocycles. The van der Waals surface area contributed by atoms with Gasteiger partial charge in [0.1, 0.15) is 10.7 Å². The molecule has 0 aliphatic carbocycles. The van der Waals surface area contributed by atoms with Crippen LogP contribution in [0, 0.1) is 24.0 Å². The fourth-order valence-corrected chi connectivity index (χ4v) is 3.81. The number of carbonyl (C=O) groups excluding carboxylic acids is 1. The summed E-state index contributed by atoms with van der Waals surface area (Å²) in [7, 11) is 1.82. The number of likely N-dealkylation sites (N-methyl/N-ethyl adjacent to an activating group) is 1. The number of nitrogens with one attached hydrogen (secondary N) is 1. The molecule has 27 heavy (non-hydrogen) atoms. The van der Waals surface area contributed by atoms with Crippen molar-refractivity contribution in [1.29, 1.82) is 0 Å². The van der Waals surface area contributed by atoms with E-state index in [0.29, 0.717) is 6.54 Å². The summed E-state index contributed by atoms with van der Waals surface area (Å²) in [6.07, 6.45) is 0. The number of fused-ring (bicyclic) bond motifs is 1. The number of para-hydroxylation sites is 1. The molecule has 1 amide bonds. The molecule has 3 rings (SSSR count). The van der Waals surface area contributed by atoms with Crippen LogP contribution >= 0.6 is 11.3 Å². The molecular weight excluding hydrogens is 364 g/mol. The lowest BCUT2D eigenvalue weighted by Crippen LogP contribution is -2.30. The summed E-state index contributed by atoms with van der Waals surface area (Å²) in [6.45, 7) is 4.30. The SMILES string of the molecule is Cc1cc(NC(=O)CN(C)Cc2nc3ccccc3s2)c([N+](=O)[O-])cc1C. The summed E-state index contributed by atoms with van der Waals surface area (Å²) in [6, 6.07) is 11.0. The van der Waals surface area contributed by atoms with E-state index in [9.17, 15) is 14.9 Å². The number of nitro groups is 1. The minimum absolute atomic E-state index is 0.0970. The van der Waals surface area contributed by atoms with Crippen molar-refractivity contribution < 1.29 is 9.72 Å². The molecule has 0 atom stereocenters. The van der Waals surface area contributed by atoms with Crippen molar-refractivity contribution in [1.82, 2.24) is 9.88 Å². The molecule has 140 valence electrons. The summed E-state index contributed by atoms with van der Waals surface area (Å²) in [4.78, 5) is 29.5. The van der Waals surface area contributed by atoms with E-state index < -0.39 is 4.92 Å². The summed E-state index contributed by atoms with van der Waals surface area (Å²) in [5.41, 5.74) is 2.77. The van der Waals surface area contributed by atoms with E-state index in [1.165, 1.54) is 6.07 Å². The normalized spacial score (nSPS) is 11.1. The van der Waals surface area contributed by atoms with E-state index in [-0.39, 0.29) is 23.8 Å². The lowest BCUT2D eigenvalue weighted by Gasteiger charge is -2.15. The molecule has 1 aromatic heterocycles. The van der Waals surface area contributed by atoms with Gasteiger partial charge in [-0.05, 0) is 50.2 Å². The maximum atomic E-state index is 12.4. The first-order valence-electron chi connectivity index (χ1n) is 8.42. The molecule has 0 bridgehead atoms. The largest absolute Gasteiger partial charge is 0.319 e. The van der Waals surface area contributed by atoms with Crippen molar-refractivity contribution in [2.75, 3.05) is 18.9 Å². The van der Waals surface area contributed by atoms with Gasteiger partial charge in [-0.3, -0.25) is 19.8 Å². The highest BCUT2D eigenvalue weighted by Gasteiger charge is 2.18. The minimum atomic E-state index is -0.479. The molecule has 3 aromatic rings. The highest BCUT2D eigenvalue weighted by atomic mass is 32.1. The molecule has 0 aliphatic rings. The first kappa shape index (κ1) is 18.9. The molecule has 0 spiro atoms. The number of aryl methyl sites for hydroxylation is 2. The Balaban J connectivity index is 1.66. The molecule has 0 saturated carbocycles. The van der Waals surface area contributed by atoms with Gasteiger partial charge in [-0.25, -0.2) is 4.98 Å². The van der Waals surface area contributed by atoms with Crippen LogP contribution in [0.4, 0.5) is 11.4 Å². The first-order valence-corrected chi connectivity index (χ1v) is 9.23. The second-order valence-electron chi connectivity index (χ2n) is 6.51. The summed E-state index contributed by atoms with van der Waals surface area (Å²) in [5, 5.41) is 14.8. The van der Waals surface area contributed by atoms with Crippen molar-refractivity contribution in [3.63, 3.8) is 0 Å². The molecule has 8 heteroatoms. The zero-order valence-electron chi connectivity index (χ0n) is 15.4. The fraction of sp³-hybridized carbons (Fsp3) is 0.263. The van der Waals surface area contributed by atoms with Gasteiger partial charge in [0.05, 0.1) is 28.2 Å². The molecule has 0 fully saturated rings. The highest BCUT2D eigenvalue weighted by Crippen LogP contribution is 2.28. The van der Waals surface area contributed by atoms with Gasteiger partial charge in [-0.2, -0.15) is 0 Å². The number of thiazole rings is 1. The van der Waals surface area contributed by atoms with Crippen LogP contribution in [0.25, 0.3) is 10.2 Å². The monoisotopic (exact) mass is 384 g/mol. The Kier molecular flexibility index (Phi) is 5.48. The van der Waals surface area contributed by atoms with Crippen molar-refractivity contribution in [2.24, 2.45) is 0 Å². The third-order valence-corrected chi connectivity index (χ3v) is 5.26. The number of rotatable bonds is 6. The average Bonchev–Trinajstić information content (AvgIpc) is 2.99. The van der Waals surface area contributed by atoms with Crippen LogP contribution in [0.5, 0.6) is 0 Å². The van der Waals surface area contributed by atoms with E-state index in [4.69, 9.17) is 0 Å². The topological polar surface area (TPSA) is 88.4 Å². The number of aromatic nitrogens is 1. The Bertz CT molecular complexity index is 982. The van der Waals surface area contributed by atoms with Crippen molar-refractivity contribution in [3.05, 3.63) is 62.6 Å². The predicted octanol–water partition coefficient (Wildman–Crippen LogP) is 3.89. The van der Waals surface area contributed by atoms with E-state index in [1.54, 1.807) is 24.3 Å². The van der Waals surface area contributed by atoms with Crippen molar-refractivity contribution in [2.45, 2.75) is 20.4 Å². The van der Waals surface area contributed by atoms with Gasteiger partial charge in [-0.15, -0.1) is 11.3 Å². The van der Waals surface area contributed by atoms with Crippen LogP contribution in [-0.2, 0) is 11.3 Å². The van der Waals surface area contributed by atoms with Crippen LogP contribution in [0.3, 0.4) is 0 Å². The number of anilines is 1. The minimum Gasteiger partial charge on any atom is -0.319 e. The molecule has 2 aromatic carbocycles. The molecule has 0 unspecified atom stereocenters. The second-order valence-corrected chi connectivity index (χ2v) is 7.62. The zero-order chi connectivity index (χ0) is 19.6. The Labute approximate surface area is 160 Å². The van der Waals surface area contributed by atoms with Gasteiger partial charge in [0.15, 0.2) is 0 Å². The Morgan fingerprint density at radius 1 is 1.26 bits per heavy atom. The molecule has 7 nitrogen and oxygen atoms in total. The van der Waals surface area contributed by atoms with E-state index >= 15 is 0 Å². The molecular formula is C19H20N4O3S. The molecule has 0 radical (unpaired) electrons. The van der Waals surface area contributed by atoms with Crippen LogP contribution in [0.15, 0.2) is 36.4 Å². The van der Waals surface area contributed by atoms with Crippen molar-refractivity contribution >= 4 is 38.8 Å². The van der Waals surface area contributed by atoms with Crippen LogP contribution in [0.1, 0.15) is 16.1 Å². The van der Waals surface area contributed by atoms with Gasteiger partial charge >= 0.3 is 0 Å². The summed E-state index contributed by atoms with van der Waals surface area (Å²) in [5.74, 6) is -0.301. The zero-order valence-corrected chi connectivity index (χ0v) is 16.2. The van der Waals surface area contributed by atoms with Crippen LogP contribution < -0.4 is 5.32 Å². The summed E-state index contributed by atoms with van der Waals surface area (Å²) < 4.78 is 1.11. The third kappa shape index (κ3) is 4.47. The number of hydrogen-bond acceptors (Lipinski definition) is 6. The lowest BCUT2D eigenvalue weighted by molar-refractivity contribution is -0.384. The quantitative estimate of drug-likeness (QED) is 0.514. The van der Waals surface area contributed by atoms with Crippen molar-refractivity contribution in [3.8, 4) is 0 Å². The number of amides is 1. The number of nitro benzene ring substituents is 1. The van der Waals surface area contributed by atoms with E-state index in [0.717, 1.165) is 26.4 Å². The molecule has 1 heterocycles. The highest BCUT2D eigenvalue weighted by molar-refractivity contribution is 7.18. The van der Waals surface area contributed by atoms with Gasteiger partial charge in [0, 0.05) is 6.07 Å². The number of carbonyl (C=O) groups is 1. The maximum Gasteiger partial charge on any atom is 0.293 e. The summed E-state index contributed by atoms with van der Waals surface area (Å²) >= 11 is 1.59. The standard InChI is InChI=1S/C19H20N4O3S/c1-12-8-15(16(23(25)26)9-13(12)2)20-18(24)10-22(3)11-19-21-14-6-4-5-7-17(14)27-19/h4-9H,10-11H2,1-3H3,(H,20,24). The first-order chi connectivity index (χ1) is 12.8. The van der Waals surface area contributed by atoms with Gasteiger partial charge in [-0.1, -0.05) is 12.1 Å². The number of hydrogen-bond donors (Lipinski definition) is 1. The predicted molar refractivity (Wildman–Crippen MR) is 107 cm³/mol. The van der Waals surface area contributed by atoms with E-state index in [2.05, 4.69) is 10.3 Å². The number of benzene rings is 2. The van der Waals surface area contributed by atoms with E-state index in [1.807, 2.05) is 43.1 Å². The van der Waals surface area contributed by atoms with Gasteiger partial charge < -0.3 is 5.32 Å². The molecule has 1 N–H and O–H groups in total. The second kappa shape index (κ2) is 7.81. The Morgan fingerprint density at radius 3 is 2.67 bits per heavy atom. The Hall–Kier alpha value is -2.84. The maximum absolute atomic E-state index is 12.4. The van der Waals surface area contributed by atoms with Gasteiger partial charge in [0.2, 0.25) is 5.91 Å².